The maximum Gasteiger partial charge on any atom is 0.164 e. The van der Waals surface area contributed by atoms with Crippen molar-refractivity contribution in [1.29, 1.82) is 0 Å². The van der Waals surface area contributed by atoms with E-state index < -0.39 is 6.10 Å². The molecule has 0 radical (unpaired) electrons. The fourth-order valence-electron chi connectivity index (χ4n) is 2.74. The van der Waals surface area contributed by atoms with Crippen LogP contribution in [0.3, 0.4) is 0 Å². The molecule has 0 saturated heterocycles. The van der Waals surface area contributed by atoms with Gasteiger partial charge >= 0.3 is 0 Å². The van der Waals surface area contributed by atoms with Gasteiger partial charge in [0.2, 0.25) is 0 Å². The van der Waals surface area contributed by atoms with E-state index in [0.717, 1.165) is 17.5 Å². The van der Waals surface area contributed by atoms with Gasteiger partial charge in [-0.05, 0) is 17.5 Å². The summed E-state index contributed by atoms with van der Waals surface area (Å²) in [5, 5.41) is 0. The topological polar surface area (TPSA) is 35.5 Å². The Morgan fingerprint density at radius 2 is 1.42 bits per heavy atom. The summed E-state index contributed by atoms with van der Waals surface area (Å²) >= 11 is 0. The third-order valence-corrected chi connectivity index (χ3v) is 4.06. The van der Waals surface area contributed by atoms with E-state index in [1.165, 1.54) is 0 Å². The second kappa shape index (κ2) is 8.57. The van der Waals surface area contributed by atoms with Gasteiger partial charge in [-0.2, -0.15) is 0 Å². The fourth-order valence-corrected chi connectivity index (χ4v) is 2.74. The number of Topliss-reactive ketones (excluding diaryl/α,β-unsaturated/α-hetero) is 1. The Balaban J connectivity index is 1.65. The van der Waals surface area contributed by atoms with Crippen LogP contribution >= 0.6 is 0 Å². The van der Waals surface area contributed by atoms with E-state index in [0.29, 0.717) is 19.6 Å². The van der Waals surface area contributed by atoms with Gasteiger partial charge in [-0.25, -0.2) is 0 Å². The fraction of sp³-hybridized carbons (Fsp3) is 0.286. The first-order valence-electron chi connectivity index (χ1n) is 8.33. The molecule has 0 aromatic heterocycles. The lowest BCUT2D eigenvalue weighted by Crippen LogP contribution is -2.36. The predicted octanol–water partition coefficient (Wildman–Crippen LogP) is 4.08. The SMILES string of the molecule is O=C1CCC=C[C@@H](OCc2ccccc2)[C@H]1OCc1ccccc1. The van der Waals surface area contributed by atoms with Crippen molar-refractivity contribution in [3.05, 3.63) is 83.9 Å². The molecule has 0 aliphatic heterocycles. The van der Waals surface area contributed by atoms with Crippen LogP contribution in [0.15, 0.2) is 72.8 Å². The van der Waals surface area contributed by atoms with Crippen LogP contribution in [0, 0.1) is 0 Å². The van der Waals surface area contributed by atoms with E-state index in [1.54, 1.807) is 0 Å². The molecule has 0 N–H and O–H groups in total. The molecule has 2 atom stereocenters. The molecule has 0 spiro atoms. The zero-order valence-corrected chi connectivity index (χ0v) is 13.6. The number of hydrogen-bond acceptors (Lipinski definition) is 3. The van der Waals surface area contributed by atoms with E-state index in [-0.39, 0.29) is 11.9 Å². The maximum atomic E-state index is 12.4. The van der Waals surface area contributed by atoms with Gasteiger partial charge in [-0.1, -0.05) is 72.8 Å². The molecule has 3 heteroatoms. The monoisotopic (exact) mass is 322 g/mol. The molecule has 0 saturated carbocycles. The Hall–Kier alpha value is -2.23. The van der Waals surface area contributed by atoms with Gasteiger partial charge in [0, 0.05) is 6.42 Å². The third-order valence-electron chi connectivity index (χ3n) is 4.06. The predicted molar refractivity (Wildman–Crippen MR) is 93.4 cm³/mol. The molecule has 0 amide bonds. The molecular formula is C21H22O3. The van der Waals surface area contributed by atoms with Crippen molar-refractivity contribution in [2.45, 2.75) is 38.3 Å². The average Bonchev–Trinajstić information content (AvgIpc) is 2.81. The number of hydrogen-bond donors (Lipinski definition) is 0. The summed E-state index contributed by atoms with van der Waals surface area (Å²) in [5.74, 6) is 0.106. The lowest BCUT2D eigenvalue weighted by molar-refractivity contribution is -0.140. The molecule has 0 heterocycles. The van der Waals surface area contributed by atoms with E-state index in [4.69, 9.17) is 9.47 Å². The summed E-state index contributed by atoms with van der Waals surface area (Å²) in [5.41, 5.74) is 2.14. The Bertz CT molecular complexity index is 664. The Morgan fingerprint density at radius 3 is 2.04 bits per heavy atom. The third kappa shape index (κ3) is 4.63. The highest BCUT2D eigenvalue weighted by Gasteiger charge is 2.29. The minimum absolute atomic E-state index is 0.106. The van der Waals surface area contributed by atoms with Crippen molar-refractivity contribution in [3.8, 4) is 0 Å². The second-order valence-corrected chi connectivity index (χ2v) is 5.91. The maximum absolute atomic E-state index is 12.4. The summed E-state index contributed by atoms with van der Waals surface area (Å²) in [6, 6.07) is 19.9. The molecule has 1 aliphatic rings. The standard InChI is InChI=1S/C21H22O3/c22-19-13-7-8-14-20(23-15-17-9-3-1-4-10-17)21(19)24-16-18-11-5-2-6-12-18/h1-6,8-12,14,20-21H,7,13,15-16H2/t20-,21+/m1/s1. The number of ketones is 1. The van der Waals surface area contributed by atoms with Crippen LogP contribution in [0.25, 0.3) is 0 Å². The van der Waals surface area contributed by atoms with E-state index in [2.05, 4.69) is 0 Å². The van der Waals surface area contributed by atoms with Crippen molar-refractivity contribution in [1.82, 2.24) is 0 Å². The van der Waals surface area contributed by atoms with Crippen LogP contribution in [0.1, 0.15) is 24.0 Å². The van der Waals surface area contributed by atoms with E-state index >= 15 is 0 Å². The first-order chi connectivity index (χ1) is 11.8. The van der Waals surface area contributed by atoms with Gasteiger partial charge in [-0.15, -0.1) is 0 Å². The molecule has 3 rings (SSSR count). The summed E-state index contributed by atoms with van der Waals surface area (Å²) < 4.78 is 11.9. The second-order valence-electron chi connectivity index (χ2n) is 5.91. The lowest BCUT2D eigenvalue weighted by Gasteiger charge is -2.23. The molecule has 0 fully saturated rings. The van der Waals surface area contributed by atoms with Gasteiger partial charge < -0.3 is 9.47 Å². The Labute approximate surface area is 142 Å². The number of benzene rings is 2. The summed E-state index contributed by atoms with van der Waals surface area (Å²) in [6.07, 6.45) is 4.33. The van der Waals surface area contributed by atoms with E-state index in [1.807, 2.05) is 72.8 Å². The number of carbonyl (C=O) groups excluding carboxylic acids is 1. The minimum atomic E-state index is -0.548. The molecule has 2 aromatic carbocycles. The number of ether oxygens (including phenoxy) is 2. The van der Waals surface area contributed by atoms with Crippen LogP contribution in [-0.2, 0) is 27.5 Å². The van der Waals surface area contributed by atoms with E-state index in [9.17, 15) is 4.79 Å². The molecule has 0 bridgehead atoms. The van der Waals surface area contributed by atoms with Gasteiger partial charge in [0.25, 0.3) is 0 Å². The van der Waals surface area contributed by atoms with Crippen molar-refractivity contribution in [2.24, 2.45) is 0 Å². The van der Waals surface area contributed by atoms with Crippen LogP contribution in [0.4, 0.5) is 0 Å². The molecule has 1 aliphatic carbocycles. The summed E-state index contributed by atoms with van der Waals surface area (Å²) in [4.78, 5) is 12.4. The zero-order valence-electron chi connectivity index (χ0n) is 13.6. The Kier molecular flexibility index (Phi) is 5.94. The minimum Gasteiger partial charge on any atom is -0.366 e. The molecular weight excluding hydrogens is 300 g/mol. The van der Waals surface area contributed by atoms with Gasteiger partial charge in [0.05, 0.1) is 13.2 Å². The highest BCUT2D eigenvalue weighted by atomic mass is 16.5. The first kappa shape index (κ1) is 16.6. The van der Waals surface area contributed by atoms with Crippen molar-refractivity contribution in [2.75, 3.05) is 0 Å². The van der Waals surface area contributed by atoms with Crippen molar-refractivity contribution < 1.29 is 14.3 Å². The van der Waals surface area contributed by atoms with Crippen molar-refractivity contribution in [3.63, 3.8) is 0 Å². The molecule has 24 heavy (non-hydrogen) atoms. The molecule has 2 aromatic rings. The van der Waals surface area contributed by atoms with Gasteiger partial charge in [-0.3, -0.25) is 4.79 Å². The van der Waals surface area contributed by atoms with Crippen LogP contribution < -0.4 is 0 Å². The summed E-state index contributed by atoms with van der Waals surface area (Å²) in [7, 11) is 0. The van der Waals surface area contributed by atoms with Gasteiger partial charge in [0.1, 0.15) is 12.2 Å². The largest absolute Gasteiger partial charge is 0.366 e. The van der Waals surface area contributed by atoms with Crippen LogP contribution in [-0.4, -0.2) is 18.0 Å². The first-order valence-corrected chi connectivity index (χ1v) is 8.33. The Morgan fingerprint density at radius 1 is 0.833 bits per heavy atom. The average molecular weight is 322 g/mol. The van der Waals surface area contributed by atoms with Crippen LogP contribution in [0.5, 0.6) is 0 Å². The smallest absolute Gasteiger partial charge is 0.164 e. The number of carbonyl (C=O) groups is 1. The molecule has 0 unspecified atom stereocenters. The highest BCUT2D eigenvalue weighted by Crippen LogP contribution is 2.19. The quantitative estimate of drug-likeness (QED) is 0.752. The number of rotatable bonds is 6. The van der Waals surface area contributed by atoms with Crippen molar-refractivity contribution >= 4 is 5.78 Å². The van der Waals surface area contributed by atoms with Crippen LogP contribution in [0.2, 0.25) is 0 Å². The lowest BCUT2D eigenvalue weighted by atomic mass is 10.1. The van der Waals surface area contributed by atoms with Gasteiger partial charge in [0.15, 0.2) is 5.78 Å². The summed E-state index contributed by atoms with van der Waals surface area (Å²) in [6.45, 7) is 0.880. The number of allylic oxidation sites excluding steroid dienone is 1. The normalized spacial score (nSPS) is 20.8. The zero-order chi connectivity index (χ0) is 16.6. The molecule has 124 valence electrons. The molecule has 3 nitrogen and oxygen atoms in total. The highest BCUT2D eigenvalue weighted by molar-refractivity contribution is 5.84.